The molecule has 1 aromatic rings. The maximum absolute atomic E-state index is 12.2. The topological polar surface area (TPSA) is 38.9 Å². The molecule has 0 aromatic carbocycles. The molecule has 0 spiro atoms. The van der Waals surface area contributed by atoms with Crippen LogP contribution in [0.4, 0.5) is 32.0 Å². The van der Waals surface area contributed by atoms with Crippen molar-refractivity contribution in [2.45, 2.75) is 18.3 Å². The fourth-order valence-electron chi connectivity index (χ4n) is 1.11. The quantitative estimate of drug-likeness (QED) is 0.771. The first-order valence-corrected chi connectivity index (χ1v) is 3.97. The van der Waals surface area contributed by atoms with E-state index in [1.807, 2.05) is 0 Å². The van der Waals surface area contributed by atoms with E-state index in [9.17, 15) is 26.3 Å². The van der Waals surface area contributed by atoms with Gasteiger partial charge in [-0.15, -0.1) is 0 Å². The molecule has 0 unspecified atom stereocenters. The van der Waals surface area contributed by atoms with Crippen LogP contribution in [0.1, 0.15) is 11.6 Å². The van der Waals surface area contributed by atoms with E-state index in [0.29, 0.717) is 6.07 Å². The van der Waals surface area contributed by atoms with Crippen molar-refractivity contribution >= 4 is 5.69 Å². The summed E-state index contributed by atoms with van der Waals surface area (Å²) in [6.07, 6.45) is -10.1. The lowest BCUT2D eigenvalue weighted by Crippen LogP contribution is -2.34. The molecule has 0 aliphatic carbocycles. The van der Waals surface area contributed by atoms with E-state index in [0.717, 1.165) is 12.3 Å². The standard InChI is InChI=1S/C8H6F6N2/c9-7(10,11)6(8(12,13)14)5-2-1-4(15)3-16-5/h1-3,6H,15H2. The predicted octanol–water partition coefficient (Wildman–Crippen LogP) is 2.87. The van der Waals surface area contributed by atoms with Gasteiger partial charge in [0, 0.05) is 0 Å². The van der Waals surface area contributed by atoms with Gasteiger partial charge in [-0.25, -0.2) is 0 Å². The molecule has 1 aromatic heterocycles. The maximum Gasteiger partial charge on any atom is 0.406 e. The van der Waals surface area contributed by atoms with Crippen molar-refractivity contribution in [1.29, 1.82) is 0 Å². The third-order valence-corrected chi connectivity index (χ3v) is 1.76. The van der Waals surface area contributed by atoms with Crippen LogP contribution in [0, 0.1) is 0 Å². The Kier molecular flexibility index (Phi) is 3.02. The van der Waals surface area contributed by atoms with Gasteiger partial charge in [-0.05, 0) is 12.1 Å². The zero-order chi connectivity index (χ0) is 12.6. The number of hydrogen-bond acceptors (Lipinski definition) is 2. The number of nitrogen functional groups attached to an aromatic ring is 1. The van der Waals surface area contributed by atoms with Crippen LogP contribution in [0.2, 0.25) is 0 Å². The summed E-state index contributed by atoms with van der Waals surface area (Å²) in [5, 5.41) is 0. The van der Waals surface area contributed by atoms with Crippen LogP contribution in [0.5, 0.6) is 0 Å². The Morgan fingerprint density at radius 2 is 1.50 bits per heavy atom. The van der Waals surface area contributed by atoms with Crippen LogP contribution >= 0.6 is 0 Å². The third-order valence-electron chi connectivity index (χ3n) is 1.76. The third kappa shape index (κ3) is 2.77. The van der Waals surface area contributed by atoms with Crippen LogP contribution < -0.4 is 5.73 Å². The number of rotatable bonds is 1. The van der Waals surface area contributed by atoms with Gasteiger partial charge in [-0.2, -0.15) is 26.3 Å². The number of anilines is 1. The van der Waals surface area contributed by atoms with E-state index in [1.54, 1.807) is 0 Å². The summed E-state index contributed by atoms with van der Waals surface area (Å²) in [4.78, 5) is 3.05. The van der Waals surface area contributed by atoms with Crippen molar-refractivity contribution in [3.63, 3.8) is 0 Å². The molecule has 0 amide bonds. The van der Waals surface area contributed by atoms with Crippen molar-refractivity contribution < 1.29 is 26.3 Å². The van der Waals surface area contributed by atoms with E-state index < -0.39 is 24.0 Å². The summed E-state index contributed by atoms with van der Waals surface area (Å²) in [7, 11) is 0. The molecule has 1 rings (SSSR count). The molecule has 0 aliphatic heterocycles. The average Bonchev–Trinajstić information content (AvgIpc) is 2.03. The van der Waals surface area contributed by atoms with E-state index in [2.05, 4.69) is 4.98 Å². The smallest absolute Gasteiger partial charge is 0.397 e. The molecular formula is C8H6F6N2. The highest BCUT2D eigenvalue weighted by atomic mass is 19.4. The first kappa shape index (κ1) is 12.6. The Balaban J connectivity index is 3.18. The zero-order valence-corrected chi connectivity index (χ0v) is 7.60. The van der Waals surface area contributed by atoms with Crippen LogP contribution in [0.3, 0.4) is 0 Å². The summed E-state index contributed by atoms with van der Waals surface area (Å²) in [6, 6.07) is 1.55. The molecule has 2 nitrogen and oxygen atoms in total. The number of nitrogens with zero attached hydrogens (tertiary/aromatic N) is 1. The minimum atomic E-state index is -5.43. The Labute approximate surface area is 86.1 Å². The average molecular weight is 244 g/mol. The fraction of sp³-hybridized carbons (Fsp3) is 0.375. The molecule has 1 heterocycles. The lowest BCUT2D eigenvalue weighted by atomic mass is 10.0. The van der Waals surface area contributed by atoms with Crippen molar-refractivity contribution in [1.82, 2.24) is 4.98 Å². The van der Waals surface area contributed by atoms with E-state index >= 15 is 0 Å². The molecule has 0 atom stereocenters. The molecule has 2 N–H and O–H groups in total. The van der Waals surface area contributed by atoms with Crippen molar-refractivity contribution in [3.8, 4) is 0 Å². The maximum atomic E-state index is 12.2. The SMILES string of the molecule is Nc1ccc(C(C(F)(F)F)C(F)(F)F)nc1. The summed E-state index contributed by atoms with van der Waals surface area (Å²) in [5.41, 5.74) is 4.00. The fourth-order valence-corrected chi connectivity index (χ4v) is 1.11. The van der Waals surface area contributed by atoms with E-state index in [-0.39, 0.29) is 5.69 Å². The highest BCUT2D eigenvalue weighted by Gasteiger charge is 2.58. The molecule has 0 bridgehead atoms. The molecule has 0 saturated carbocycles. The van der Waals surface area contributed by atoms with Gasteiger partial charge < -0.3 is 5.73 Å². The van der Waals surface area contributed by atoms with Crippen molar-refractivity contribution in [2.24, 2.45) is 0 Å². The van der Waals surface area contributed by atoms with Crippen LogP contribution in [-0.2, 0) is 0 Å². The van der Waals surface area contributed by atoms with Gasteiger partial charge in [0.2, 0.25) is 0 Å². The van der Waals surface area contributed by atoms with Gasteiger partial charge in [0.15, 0.2) is 5.92 Å². The molecule has 0 fully saturated rings. The highest BCUT2D eigenvalue weighted by Crippen LogP contribution is 2.45. The molecule has 0 radical (unpaired) electrons. The van der Waals surface area contributed by atoms with E-state index in [4.69, 9.17) is 5.73 Å². The Morgan fingerprint density at radius 3 is 1.81 bits per heavy atom. The summed E-state index contributed by atoms with van der Waals surface area (Å²) in [5.74, 6) is -3.58. The lowest BCUT2D eigenvalue weighted by Gasteiger charge is -2.22. The molecule has 90 valence electrons. The van der Waals surface area contributed by atoms with E-state index in [1.165, 1.54) is 0 Å². The van der Waals surface area contributed by atoms with Gasteiger partial charge in [0.05, 0.1) is 17.6 Å². The van der Waals surface area contributed by atoms with Gasteiger partial charge in [-0.3, -0.25) is 4.98 Å². The molecular weight excluding hydrogens is 238 g/mol. The number of halogens is 6. The predicted molar refractivity (Wildman–Crippen MR) is 43.5 cm³/mol. The molecule has 0 saturated heterocycles. The number of alkyl halides is 6. The van der Waals surface area contributed by atoms with Gasteiger partial charge in [0.1, 0.15) is 0 Å². The van der Waals surface area contributed by atoms with Crippen LogP contribution in [0.15, 0.2) is 18.3 Å². The molecule has 0 aliphatic rings. The van der Waals surface area contributed by atoms with Gasteiger partial charge in [-0.1, -0.05) is 0 Å². The molecule has 8 heteroatoms. The van der Waals surface area contributed by atoms with Crippen LogP contribution in [0.25, 0.3) is 0 Å². The Morgan fingerprint density at radius 1 is 1.00 bits per heavy atom. The Hall–Kier alpha value is -1.47. The normalized spacial score (nSPS) is 13.2. The zero-order valence-electron chi connectivity index (χ0n) is 7.60. The van der Waals surface area contributed by atoms with Gasteiger partial charge in [0.25, 0.3) is 0 Å². The minimum absolute atomic E-state index is 0.00755. The van der Waals surface area contributed by atoms with Crippen LogP contribution in [-0.4, -0.2) is 17.3 Å². The minimum Gasteiger partial charge on any atom is -0.397 e. The first-order chi connectivity index (χ1) is 7.12. The summed E-state index contributed by atoms with van der Waals surface area (Å²) >= 11 is 0. The van der Waals surface area contributed by atoms with Gasteiger partial charge >= 0.3 is 12.4 Å². The second-order valence-electron chi connectivity index (χ2n) is 3.03. The molecule has 16 heavy (non-hydrogen) atoms. The lowest BCUT2D eigenvalue weighted by molar-refractivity contribution is -0.254. The number of hydrogen-bond donors (Lipinski definition) is 1. The van der Waals surface area contributed by atoms with Crippen molar-refractivity contribution in [2.75, 3.05) is 5.73 Å². The Bertz CT molecular complexity index is 338. The second-order valence-corrected chi connectivity index (χ2v) is 3.03. The number of nitrogens with two attached hydrogens (primary N) is 1. The monoisotopic (exact) mass is 244 g/mol. The largest absolute Gasteiger partial charge is 0.406 e. The summed E-state index contributed by atoms with van der Waals surface area (Å²) < 4.78 is 73.3. The highest BCUT2D eigenvalue weighted by molar-refractivity contribution is 5.35. The number of pyridine rings is 1. The van der Waals surface area contributed by atoms with Crippen molar-refractivity contribution in [3.05, 3.63) is 24.0 Å². The second kappa shape index (κ2) is 3.84. The number of aromatic nitrogens is 1. The first-order valence-electron chi connectivity index (χ1n) is 3.97. The summed E-state index contributed by atoms with van der Waals surface area (Å²) in [6.45, 7) is 0.